The third-order valence-corrected chi connectivity index (χ3v) is 3.04. The van der Waals surface area contributed by atoms with Gasteiger partial charge in [-0.15, -0.1) is 0 Å². The first kappa shape index (κ1) is 86.9. The molecule has 36 N–H and O–H groups in total. The minimum Gasteiger partial charge on any atom is -0.402 e. The van der Waals surface area contributed by atoms with Crippen LogP contribution in [0.5, 0.6) is 0 Å². The third-order valence-electron chi connectivity index (χ3n) is 3.04. The minimum atomic E-state index is -2.17. The molecule has 0 amide bonds. The van der Waals surface area contributed by atoms with Crippen molar-refractivity contribution in [2.45, 2.75) is 0 Å². The van der Waals surface area contributed by atoms with Crippen LogP contribution in [0.25, 0.3) is 0 Å². The van der Waals surface area contributed by atoms with Crippen LogP contribution >= 0.6 is 0 Å². The normalized spacial score (nSPS) is 7.70. The monoisotopic (exact) mass is 989 g/mol. The number of para-hydroxylation sites is 3. The molecule has 0 unspecified atom stereocenters. The van der Waals surface area contributed by atoms with E-state index < -0.39 is 87.9 Å². The quantitative estimate of drug-likeness (QED) is 0.108. The Morgan fingerprint density at radius 2 is 0.239 bits per heavy atom. The maximum atomic E-state index is 7.17. The average molecular weight is 987 g/mol. The minimum absolute atomic E-state index is 1.17. The van der Waals surface area contributed by atoms with Crippen molar-refractivity contribution >= 4 is 105 Å². The summed E-state index contributed by atoms with van der Waals surface area (Å²) >= 11 is 0. The molecule has 3 rings (SSSR count). The first-order valence-electron chi connectivity index (χ1n) is 15.7. The lowest BCUT2D eigenvalue weighted by molar-refractivity contribution is 0.276. The molecule has 0 aliphatic carbocycles. The molecule has 0 aliphatic heterocycles. The molecule has 0 aromatic heterocycles. The molecule has 37 nitrogen and oxygen atoms in total. The molecule has 0 spiro atoms. The Labute approximate surface area is 381 Å². The van der Waals surface area contributed by atoms with Crippen molar-refractivity contribution in [3.63, 3.8) is 0 Å². The van der Waals surface area contributed by atoms with E-state index >= 15 is 0 Å². The van der Waals surface area contributed by atoms with Crippen LogP contribution in [0.2, 0.25) is 0 Å². The molecule has 0 bridgehead atoms. The van der Waals surface area contributed by atoms with Crippen molar-refractivity contribution in [3.8, 4) is 0 Å². The van der Waals surface area contributed by atoms with Crippen molar-refractivity contribution in [3.05, 3.63) is 91.0 Å². The lowest BCUT2D eigenvalue weighted by Gasteiger charge is -2.25. The molecule has 3 aromatic carbocycles. The zero-order chi connectivity index (χ0) is 55.8. The summed E-state index contributed by atoms with van der Waals surface area (Å²) in [6.07, 6.45) is 0. The topological polar surface area (TPSA) is 732 Å². The summed E-state index contributed by atoms with van der Waals surface area (Å²) in [5.41, 5.74) is 3.50. The summed E-state index contributed by atoms with van der Waals surface area (Å²) in [5.74, 6) is 0. The zero-order valence-electron chi connectivity index (χ0n) is 33.6. The fourth-order valence-corrected chi connectivity index (χ4v) is 2.18. The highest BCUT2D eigenvalue weighted by Gasteiger charge is 2.10. The molecule has 380 valence electrons. The summed E-state index contributed by atoms with van der Waals surface area (Å²) in [6, 6.07) is 31.3. The molecule has 67 heavy (non-hydrogen) atoms. The first-order chi connectivity index (χ1) is 30.2. The van der Waals surface area contributed by atoms with Gasteiger partial charge >= 0.3 is 87.9 Å². The number of hydrogen-bond donors (Lipinski definition) is 36. The highest BCUT2D eigenvalue weighted by molar-refractivity contribution is 6.33. The van der Waals surface area contributed by atoms with Gasteiger partial charge in [-0.3, -0.25) is 0 Å². The van der Waals surface area contributed by atoms with Crippen LogP contribution < -0.4 is 4.90 Å². The Morgan fingerprint density at radius 1 is 0.164 bits per heavy atom. The second-order valence-electron chi connectivity index (χ2n) is 8.50. The largest absolute Gasteiger partial charge is 0.631 e. The van der Waals surface area contributed by atoms with Crippen molar-refractivity contribution in [1.82, 2.24) is 0 Å². The number of hydrogen-bond acceptors (Lipinski definition) is 37. The van der Waals surface area contributed by atoms with Crippen molar-refractivity contribution in [2.75, 3.05) is 4.90 Å². The van der Waals surface area contributed by atoms with Gasteiger partial charge in [-0.1, -0.05) is 54.6 Å². The van der Waals surface area contributed by atoms with Crippen LogP contribution in [-0.2, 0) is 0 Å². The van der Waals surface area contributed by atoms with Crippen molar-refractivity contribution in [2.24, 2.45) is 0 Å². The van der Waals surface area contributed by atoms with Gasteiger partial charge in [0.15, 0.2) is 0 Å². The van der Waals surface area contributed by atoms with E-state index in [1.807, 2.05) is 18.2 Å². The molecule has 0 saturated heterocycles. The average Bonchev–Trinajstić information content (AvgIpc) is 3.07. The molecule has 0 aliphatic rings. The number of rotatable bonds is 3. The lowest BCUT2D eigenvalue weighted by atomic mass is 10.2. The van der Waals surface area contributed by atoms with Gasteiger partial charge in [0.2, 0.25) is 0 Å². The Balaban J connectivity index is -0.0000000719. The fourth-order valence-electron chi connectivity index (χ4n) is 2.18. The summed E-state index contributed by atoms with van der Waals surface area (Å²) in [7, 11) is -26.0. The van der Waals surface area contributed by atoms with E-state index in [2.05, 4.69) is 77.7 Å². The van der Waals surface area contributed by atoms with E-state index in [0.29, 0.717) is 0 Å². The Morgan fingerprint density at radius 3 is 0.313 bits per heavy atom. The molecular weight excluding hydrogens is 936 g/mol. The van der Waals surface area contributed by atoms with Gasteiger partial charge in [-0.05, 0) is 36.4 Å². The Kier molecular flexibility index (Phi) is 87.0. The Bertz CT molecular complexity index is 989. The van der Waals surface area contributed by atoms with Crippen LogP contribution in [0.3, 0.4) is 0 Å². The predicted molar refractivity (Wildman–Crippen MR) is 230 cm³/mol. The van der Waals surface area contributed by atoms with Gasteiger partial charge < -0.3 is 186 Å². The lowest BCUT2D eigenvalue weighted by Crippen LogP contribution is -2.09. The fraction of sp³-hybridized carbons (Fsp3) is 0. The number of nitrogens with zero attached hydrogens (tertiary/aromatic N) is 1. The van der Waals surface area contributed by atoms with Gasteiger partial charge in [-0.2, -0.15) is 0 Å². The first-order valence-corrected chi connectivity index (χ1v) is 15.7. The Hall–Kier alpha value is -3.20. The maximum Gasteiger partial charge on any atom is 0.631 e. The van der Waals surface area contributed by atoms with Crippen LogP contribution in [0.4, 0.5) is 17.1 Å². The molecule has 0 radical (unpaired) electrons. The zero-order valence-corrected chi connectivity index (χ0v) is 33.6. The maximum absolute atomic E-state index is 7.17. The van der Waals surface area contributed by atoms with Gasteiger partial charge in [0.25, 0.3) is 0 Å². The summed E-state index contributed by atoms with van der Waals surface area (Å²) in [5, 5.41) is 258. The molecule has 0 fully saturated rings. The van der Waals surface area contributed by atoms with E-state index in [1.54, 1.807) is 0 Å². The molecule has 0 heterocycles. The predicted octanol–water partition coefficient (Wildman–Crippen LogP) is -19.5. The smallest absolute Gasteiger partial charge is 0.402 e. The van der Waals surface area contributed by atoms with Crippen molar-refractivity contribution < 1.29 is 181 Å². The summed E-state index contributed by atoms with van der Waals surface area (Å²) < 4.78 is 0. The SMILES string of the molecule is OB(O)O.OB(O)O.OB(O)O.OB(O)O.OB(O)O.OB(O)O.OB(O)O.OB(O)O.OB(O)O.OB(O)O.OB(O)O.OB(O)O.c1ccc(N(c2ccccc2)c2ccccc2)cc1. The van der Waals surface area contributed by atoms with Crippen molar-refractivity contribution in [1.29, 1.82) is 0 Å². The number of benzene rings is 3. The summed E-state index contributed by atoms with van der Waals surface area (Å²) in [4.78, 5) is 2.25. The third kappa shape index (κ3) is 216. The second kappa shape index (κ2) is 67.1. The van der Waals surface area contributed by atoms with Crippen LogP contribution in [-0.4, -0.2) is 269 Å². The van der Waals surface area contributed by atoms with Gasteiger partial charge in [-0.25, -0.2) is 0 Å². The van der Waals surface area contributed by atoms with E-state index in [0.717, 1.165) is 0 Å². The van der Waals surface area contributed by atoms with Crippen LogP contribution in [0, 0.1) is 0 Å². The van der Waals surface area contributed by atoms with Crippen LogP contribution in [0.1, 0.15) is 0 Å². The van der Waals surface area contributed by atoms with E-state index in [9.17, 15) is 0 Å². The highest BCUT2D eigenvalue weighted by Crippen LogP contribution is 2.33. The summed E-state index contributed by atoms with van der Waals surface area (Å²) in [6.45, 7) is 0. The second-order valence-corrected chi connectivity index (χ2v) is 8.50. The van der Waals surface area contributed by atoms with E-state index in [1.165, 1.54) is 17.1 Å². The molecule has 3 aromatic rings. The van der Waals surface area contributed by atoms with Gasteiger partial charge in [0.05, 0.1) is 0 Å². The molecule has 0 atom stereocenters. The molecular formula is C18H51B12NO36. The van der Waals surface area contributed by atoms with E-state index in [-0.39, 0.29) is 0 Å². The highest BCUT2D eigenvalue weighted by atomic mass is 16.6. The van der Waals surface area contributed by atoms with Gasteiger partial charge in [0, 0.05) is 17.1 Å². The van der Waals surface area contributed by atoms with Gasteiger partial charge in [0.1, 0.15) is 0 Å². The number of anilines is 3. The molecule has 49 heteroatoms. The van der Waals surface area contributed by atoms with Crippen LogP contribution in [0.15, 0.2) is 91.0 Å². The van der Waals surface area contributed by atoms with E-state index in [4.69, 9.17) is 181 Å². The molecule has 0 saturated carbocycles. The standard InChI is InChI=1S/C18H15N.12BH3O3/c1-4-10-16(11-5-1)19(17-12-6-2-7-13-17)18-14-8-3-9-15-18;12*2-1(3)4/h1-15H;12*2-4H.